The smallest absolute Gasteiger partial charge is 0.328 e. The van der Waals surface area contributed by atoms with E-state index in [0.29, 0.717) is 0 Å². The maximum Gasteiger partial charge on any atom is 0.328 e. The van der Waals surface area contributed by atoms with Crippen molar-refractivity contribution in [2.24, 2.45) is 0 Å². The zero-order chi connectivity index (χ0) is 11.6. The second-order valence-corrected chi connectivity index (χ2v) is 3.28. The summed E-state index contributed by atoms with van der Waals surface area (Å²) in [5.41, 5.74) is -2.25. The molecule has 0 bridgehead atoms. The van der Waals surface area contributed by atoms with E-state index >= 15 is 0 Å². The fourth-order valence-corrected chi connectivity index (χ4v) is 1.31. The van der Waals surface area contributed by atoms with Crippen LogP contribution in [-0.2, 0) is 10.3 Å². The first-order chi connectivity index (χ1) is 6.93. The minimum absolute atomic E-state index is 0.486. The molecule has 0 aromatic heterocycles. The number of carboxylic acids is 1. The highest BCUT2D eigenvalue weighted by atomic mass is 19.1. The number of hydrogen-bond donors (Lipinski definition) is 2. The zero-order valence-electron chi connectivity index (χ0n) is 8.34. The third-order valence-corrected chi connectivity index (χ3v) is 2.39. The van der Waals surface area contributed by atoms with E-state index in [2.05, 4.69) is 5.32 Å². The van der Waals surface area contributed by atoms with E-state index in [1.165, 1.54) is 20.0 Å². The van der Waals surface area contributed by atoms with Crippen LogP contribution in [0.15, 0.2) is 18.2 Å². The Morgan fingerprint density at radius 2 is 1.87 bits per heavy atom. The van der Waals surface area contributed by atoms with Crippen molar-refractivity contribution >= 4 is 5.97 Å². The number of carbonyl (C=O) groups is 1. The van der Waals surface area contributed by atoms with Gasteiger partial charge in [-0.05, 0) is 26.1 Å². The summed E-state index contributed by atoms with van der Waals surface area (Å²) >= 11 is 0. The molecule has 0 aliphatic carbocycles. The second-order valence-electron chi connectivity index (χ2n) is 3.28. The standard InChI is InChI=1S/C10H11F2NO2/c1-10(13-2,9(14)15)8-6(11)4-3-5-7(8)12/h3-5,13H,1-2H3,(H,14,15). The van der Waals surface area contributed by atoms with Crippen molar-refractivity contribution in [3.8, 4) is 0 Å². The molecule has 2 N–H and O–H groups in total. The predicted octanol–water partition coefficient (Wildman–Crippen LogP) is 1.48. The van der Waals surface area contributed by atoms with Crippen LogP contribution in [0.1, 0.15) is 12.5 Å². The third-order valence-electron chi connectivity index (χ3n) is 2.39. The maximum atomic E-state index is 13.3. The maximum absolute atomic E-state index is 13.3. The number of rotatable bonds is 3. The lowest BCUT2D eigenvalue weighted by Gasteiger charge is -2.25. The second kappa shape index (κ2) is 3.94. The van der Waals surface area contributed by atoms with Crippen LogP contribution in [0.25, 0.3) is 0 Å². The van der Waals surface area contributed by atoms with E-state index in [1.807, 2.05) is 0 Å². The first-order valence-corrected chi connectivity index (χ1v) is 4.30. The highest BCUT2D eigenvalue weighted by molar-refractivity contribution is 5.80. The summed E-state index contributed by atoms with van der Waals surface area (Å²) < 4.78 is 26.7. The predicted molar refractivity (Wildman–Crippen MR) is 50.4 cm³/mol. The van der Waals surface area contributed by atoms with Crippen molar-refractivity contribution in [3.63, 3.8) is 0 Å². The Kier molecular flexibility index (Phi) is 3.04. The molecule has 1 aromatic carbocycles. The molecule has 1 rings (SSSR count). The van der Waals surface area contributed by atoms with Gasteiger partial charge >= 0.3 is 5.97 Å². The SMILES string of the molecule is CNC(C)(C(=O)O)c1c(F)cccc1F. The molecule has 5 heteroatoms. The Morgan fingerprint density at radius 1 is 1.40 bits per heavy atom. The molecule has 0 radical (unpaired) electrons. The minimum atomic E-state index is -1.77. The minimum Gasteiger partial charge on any atom is -0.480 e. The topological polar surface area (TPSA) is 49.3 Å². The van der Waals surface area contributed by atoms with Gasteiger partial charge in [-0.25, -0.2) is 13.6 Å². The Labute approximate surface area is 85.7 Å². The van der Waals surface area contributed by atoms with Crippen LogP contribution in [0.2, 0.25) is 0 Å². The van der Waals surface area contributed by atoms with Gasteiger partial charge in [0.2, 0.25) is 0 Å². The van der Waals surface area contributed by atoms with Crippen LogP contribution >= 0.6 is 0 Å². The molecule has 0 aliphatic heterocycles. The normalized spacial score (nSPS) is 14.7. The van der Waals surface area contributed by atoms with Crippen molar-refractivity contribution in [1.82, 2.24) is 5.32 Å². The molecule has 15 heavy (non-hydrogen) atoms. The third kappa shape index (κ3) is 1.83. The highest BCUT2D eigenvalue weighted by Crippen LogP contribution is 2.26. The van der Waals surface area contributed by atoms with Gasteiger partial charge in [-0.15, -0.1) is 0 Å². The molecule has 0 fully saturated rings. The Bertz CT molecular complexity index is 375. The highest BCUT2D eigenvalue weighted by Gasteiger charge is 2.38. The number of likely N-dealkylation sites (N-methyl/N-ethyl adjacent to an activating group) is 1. The molecule has 1 aromatic rings. The lowest BCUT2D eigenvalue weighted by Crippen LogP contribution is -2.46. The summed E-state index contributed by atoms with van der Waals surface area (Å²) in [7, 11) is 1.33. The quantitative estimate of drug-likeness (QED) is 0.803. The van der Waals surface area contributed by atoms with Crippen molar-refractivity contribution in [3.05, 3.63) is 35.4 Å². The lowest BCUT2D eigenvalue weighted by molar-refractivity contribution is -0.144. The van der Waals surface area contributed by atoms with Gasteiger partial charge in [0.25, 0.3) is 0 Å². The van der Waals surface area contributed by atoms with E-state index in [4.69, 9.17) is 5.11 Å². The van der Waals surface area contributed by atoms with E-state index in [-0.39, 0.29) is 0 Å². The van der Waals surface area contributed by atoms with Crippen LogP contribution in [0.5, 0.6) is 0 Å². The van der Waals surface area contributed by atoms with Gasteiger partial charge in [0.05, 0.1) is 5.56 Å². The molecular formula is C10H11F2NO2. The van der Waals surface area contributed by atoms with Gasteiger partial charge in [0.1, 0.15) is 17.2 Å². The van der Waals surface area contributed by atoms with E-state index in [1.54, 1.807) is 0 Å². The van der Waals surface area contributed by atoms with Gasteiger partial charge in [-0.1, -0.05) is 6.07 Å². The van der Waals surface area contributed by atoms with Crippen LogP contribution in [-0.4, -0.2) is 18.1 Å². The number of halogens is 2. The average molecular weight is 215 g/mol. The van der Waals surface area contributed by atoms with Crippen LogP contribution in [0.3, 0.4) is 0 Å². The van der Waals surface area contributed by atoms with Crippen molar-refractivity contribution in [1.29, 1.82) is 0 Å². The summed E-state index contributed by atoms with van der Waals surface area (Å²) in [6.07, 6.45) is 0. The molecule has 0 saturated carbocycles. The largest absolute Gasteiger partial charge is 0.480 e. The first kappa shape index (κ1) is 11.6. The summed E-state index contributed by atoms with van der Waals surface area (Å²) in [4.78, 5) is 11.0. The first-order valence-electron chi connectivity index (χ1n) is 4.30. The van der Waals surface area contributed by atoms with Gasteiger partial charge < -0.3 is 10.4 Å². The van der Waals surface area contributed by atoms with E-state index in [0.717, 1.165) is 12.1 Å². The Hall–Kier alpha value is -1.49. The fourth-order valence-electron chi connectivity index (χ4n) is 1.31. The lowest BCUT2D eigenvalue weighted by atomic mass is 9.91. The molecule has 0 aliphatic rings. The molecule has 0 amide bonds. The molecule has 0 heterocycles. The zero-order valence-corrected chi connectivity index (χ0v) is 8.34. The number of nitrogens with one attached hydrogen (secondary N) is 1. The van der Waals surface area contributed by atoms with Crippen LogP contribution < -0.4 is 5.32 Å². The molecular weight excluding hydrogens is 204 g/mol. The summed E-state index contributed by atoms with van der Waals surface area (Å²) in [5, 5.41) is 11.3. The summed E-state index contributed by atoms with van der Waals surface area (Å²) in [6.45, 7) is 1.21. The van der Waals surface area contributed by atoms with Crippen molar-refractivity contribution < 1.29 is 18.7 Å². The van der Waals surface area contributed by atoms with Gasteiger partial charge in [-0.2, -0.15) is 0 Å². The van der Waals surface area contributed by atoms with Crippen molar-refractivity contribution in [2.45, 2.75) is 12.5 Å². The molecule has 3 nitrogen and oxygen atoms in total. The monoisotopic (exact) mass is 215 g/mol. The molecule has 1 unspecified atom stereocenters. The number of aliphatic carboxylic acids is 1. The molecule has 1 atom stereocenters. The summed E-state index contributed by atoms with van der Waals surface area (Å²) in [6, 6.07) is 3.24. The van der Waals surface area contributed by atoms with Crippen LogP contribution in [0.4, 0.5) is 8.78 Å². The van der Waals surface area contributed by atoms with E-state index < -0.39 is 28.7 Å². The van der Waals surface area contributed by atoms with Gasteiger partial charge in [0.15, 0.2) is 0 Å². The number of benzene rings is 1. The van der Waals surface area contributed by atoms with Gasteiger partial charge in [0, 0.05) is 0 Å². The van der Waals surface area contributed by atoms with Gasteiger partial charge in [-0.3, -0.25) is 0 Å². The summed E-state index contributed by atoms with van der Waals surface area (Å²) in [5.74, 6) is -3.10. The Morgan fingerprint density at radius 3 is 2.20 bits per heavy atom. The average Bonchev–Trinajstić information content (AvgIpc) is 2.16. The van der Waals surface area contributed by atoms with Crippen molar-refractivity contribution in [2.75, 3.05) is 7.05 Å². The van der Waals surface area contributed by atoms with E-state index in [9.17, 15) is 13.6 Å². The molecule has 0 saturated heterocycles. The molecule has 0 spiro atoms. The fraction of sp³-hybridized carbons (Fsp3) is 0.300. The van der Waals surface area contributed by atoms with Crippen LogP contribution in [0, 0.1) is 11.6 Å². The number of carboxylic acid groups (broad SMARTS) is 1. The molecule has 82 valence electrons. The number of hydrogen-bond acceptors (Lipinski definition) is 2. The Balaban J connectivity index is 3.42.